The Bertz CT molecular complexity index is 359. The van der Waals surface area contributed by atoms with Crippen LogP contribution in [0.15, 0.2) is 12.4 Å². The molecule has 88 valence electrons. The number of hydrogen-bond donors (Lipinski definition) is 1. The molecule has 2 aliphatic carbocycles. The monoisotopic (exact) mass is 219 g/mol. The molecule has 2 fully saturated rings. The van der Waals surface area contributed by atoms with Gasteiger partial charge in [0.05, 0.1) is 0 Å². The zero-order valence-corrected chi connectivity index (χ0v) is 10.1. The second-order valence-corrected chi connectivity index (χ2v) is 5.76. The van der Waals surface area contributed by atoms with Crippen LogP contribution in [0.3, 0.4) is 0 Å². The number of nitrogens with one attached hydrogen (secondary N) is 1. The third-order valence-corrected chi connectivity index (χ3v) is 4.09. The summed E-state index contributed by atoms with van der Waals surface area (Å²) in [4.78, 5) is 4.42. The summed E-state index contributed by atoms with van der Waals surface area (Å²) in [5.74, 6) is 1.08. The second kappa shape index (κ2) is 3.79. The molecule has 1 aromatic rings. The molecule has 0 atom stereocenters. The lowest BCUT2D eigenvalue weighted by Crippen LogP contribution is -2.24. The highest BCUT2D eigenvalue weighted by Gasteiger charge is 2.30. The van der Waals surface area contributed by atoms with Crippen LogP contribution in [0, 0.1) is 5.41 Å². The average molecular weight is 219 g/mol. The van der Waals surface area contributed by atoms with Crippen molar-refractivity contribution in [3.63, 3.8) is 0 Å². The average Bonchev–Trinajstić information content (AvgIpc) is 2.86. The van der Waals surface area contributed by atoms with E-state index in [1.807, 2.05) is 6.20 Å². The lowest BCUT2D eigenvalue weighted by Gasteiger charge is -2.24. The highest BCUT2D eigenvalue weighted by atomic mass is 15.2. The number of imidazole rings is 1. The molecule has 1 N–H and O–H groups in total. The summed E-state index contributed by atoms with van der Waals surface area (Å²) in [5.41, 5.74) is 0.500. The molecule has 1 heterocycles. The summed E-state index contributed by atoms with van der Waals surface area (Å²) >= 11 is 0. The molecule has 0 saturated heterocycles. The van der Waals surface area contributed by atoms with Crippen LogP contribution in [0.5, 0.6) is 0 Å². The van der Waals surface area contributed by atoms with Crippen molar-refractivity contribution in [2.75, 3.05) is 11.9 Å². The van der Waals surface area contributed by atoms with Crippen LogP contribution in [0.1, 0.15) is 51.5 Å². The van der Waals surface area contributed by atoms with Crippen molar-refractivity contribution >= 4 is 5.95 Å². The van der Waals surface area contributed by atoms with Crippen LogP contribution in [0.4, 0.5) is 5.95 Å². The van der Waals surface area contributed by atoms with Crippen molar-refractivity contribution in [1.29, 1.82) is 0 Å². The molecular weight excluding hydrogens is 198 g/mol. The molecule has 3 nitrogen and oxygen atoms in total. The van der Waals surface area contributed by atoms with Gasteiger partial charge in [-0.3, -0.25) is 0 Å². The molecule has 2 aliphatic rings. The van der Waals surface area contributed by atoms with E-state index in [0.29, 0.717) is 5.41 Å². The zero-order valence-electron chi connectivity index (χ0n) is 10.1. The summed E-state index contributed by atoms with van der Waals surface area (Å²) in [6, 6.07) is 0.724. The maximum absolute atomic E-state index is 4.42. The van der Waals surface area contributed by atoms with Crippen LogP contribution >= 0.6 is 0 Å². The van der Waals surface area contributed by atoms with E-state index in [2.05, 4.69) is 28.0 Å². The van der Waals surface area contributed by atoms with Crippen molar-refractivity contribution < 1.29 is 0 Å². The molecule has 16 heavy (non-hydrogen) atoms. The van der Waals surface area contributed by atoms with E-state index >= 15 is 0 Å². The summed E-state index contributed by atoms with van der Waals surface area (Å²) in [6.07, 6.45) is 12.2. The minimum Gasteiger partial charge on any atom is -0.355 e. The third kappa shape index (κ3) is 1.95. The van der Waals surface area contributed by atoms with Crippen LogP contribution in [-0.2, 0) is 0 Å². The maximum Gasteiger partial charge on any atom is 0.203 e. The summed E-state index contributed by atoms with van der Waals surface area (Å²) in [5, 5.41) is 3.55. The minimum atomic E-state index is 0.500. The molecule has 0 unspecified atom stereocenters. The van der Waals surface area contributed by atoms with Gasteiger partial charge in [-0.15, -0.1) is 0 Å². The Morgan fingerprint density at radius 2 is 2.19 bits per heavy atom. The van der Waals surface area contributed by atoms with E-state index in [1.54, 1.807) is 0 Å². The lowest BCUT2D eigenvalue weighted by molar-refractivity contribution is 0.360. The zero-order chi connectivity index (χ0) is 11.0. The van der Waals surface area contributed by atoms with Gasteiger partial charge in [-0.05, 0) is 31.1 Å². The number of rotatable bonds is 4. The topological polar surface area (TPSA) is 29.9 Å². The lowest BCUT2D eigenvalue weighted by atomic mass is 9.89. The van der Waals surface area contributed by atoms with E-state index in [0.717, 1.165) is 18.5 Å². The van der Waals surface area contributed by atoms with Gasteiger partial charge in [0.15, 0.2) is 0 Å². The predicted octanol–water partition coefficient (Wildman–Crippen LogP) is 3.21. The molecule has 3 heteroatoms. The summed E-state index contributed by atoms with van der Waals surface area (Å²) in [7, 11) is 0. The Morgan fingerprint density at radius 1 is 1.44 bits per heavy atom. The Balaban J connectivity index is 1.63. The molecule has 0 amide bonds. The first-order valence-electron chi connectivity index (χ1n) is 6.54. The van der Waals surface area contributed by atoms with Gasteiger partial charge in [0, 0.05) is 25.0 Å². The van der Waals surface area contributed by atoms with Gasteiger partial charge in [-0.1, -0.05) is 19.8 Å². The smallest absolute Gasteiger partial charge is 0.203 e. The van der Waals surface area contributed by atoms with Crippen molar-refractivity contribution in [2.24, 2.45) is 5.41 Å². The molecule has 0 spiro atoms. The van der Waals surface area contributed by atoms with E-state index in [1.165, 1.54) is 38.5 Å². The van der Waals surface area contributed by atoms with Gasteiger partial charge in [0.25, 0.3) is 0 Å². The number of nitrogens with zero attached hydrogens (tertiary/aromatic N) is 2. The molecule has 2 saturated carbocycles. The molecule has 0 aromatic carbocycles. The highest BCUT2D eigenvalue weighted by Crippen LogP contribution is 2.39. The van der Waals surface area contributed by atoms with Gasteiger partial charge < -0.3 is 9.88 Å². The first kappa shape index (κ1) is 10.2. The Hall–Kier alpha value is -0.990. The number of anilines is 1. The normalized spacial score (nSPS) is 23.6. The van der Waals surface area contributed by atoms with E-state index in [-0.39, 0.29) is 0 Å². The van der Waals surface area contributed by atoms with Crippen molar-refractivity contribution in [1.82, 2.24) is 9.55 Å². The fourth-order valence-corrected chi connectivity index (χ4v) is 2.80. The molecular formula is C13H21N3. The largest absolute Gasteiger partial charge is 0.355 e. The highest BCUT2D eigenvalue weighted by molar-refractivity contribution is 5.28. The molecule has 0 aliphatic heterocycles. The number of aromatic nitrogens is 2. The Kier molecular flexibility index (Phi) is 2.41. The SMILES string of the molecule is CC1(CNc2nccn2C2CC2)CCCC1. The fourth-order valence-electron chi connectivity index (χ4n) is 2.80. The maximum atomic E-state index is 4.42. The Labute approximate surface area is 97.3 Å². The van der Waals surface area contributed by atoms with Crippen LogP contribution < -0.4 is 5.32 Å². The van der Waals surface area contributed by atoms with Crippen LogP contribution in [0.2, 0.25) is 0 Å². The molecule has 3 rings (SSSR count). The van der Waals surface area contributed by atoms with E-state index < -0.39 is 0 Å². The first-order valence-corrected chi connectivity index (χ1v) is 6.54. The van der Waals surface area contributed by atoms with Gasteiger partial charge in [-0.2, -0.15) is 0 Å². The molecule has 1 aromatic heterocycles. The fraction of sp³-hybridized carbons (Fsp3) is 0.769. The quantitative estimate of drug-likeness (QED) is 0.842. The van der Waals surface area contributed by atoms with Crippen LogP contribution in [0.25, 0.3) is 0 Å². The molecule has 0 radical (unpaired) electrons. The standard InChI is InChI=1S/C13H21N3/c1-13(6-2-3-7-13)10-15-12-14-8-9-16(12)11-4-5-11/h8-9,11H,2-7,10H2,1H3,(H,14,15). The number of hydrogen-bond acceptors (Lipinski definition) is 2. The van der Waals surface area contributed by atoms with Gasteiger partial charge in [0.1, 0.15) is 0 Å². The van der Waals surface area contributed by atoms with Gasteiger partial charge >= 0.3 is 0 Å². The van der Waals surface area contributed by atoms with Gasteiger partial charge in [0.2, 0.25) is 5.95 Å². The minimum absolute atomic E-state index is 0.500. The predicted molar refractivity (Wildman–Crippen MR) is 65.6 cm³/mol. The van der Waals surface area contributed by atoms with Gasteiger partial charge in [-0.25, -0.2) is 4.98 Å². The van der Waals surface area contributed by atoms with Crippen molar-refractivity contribution in [3.8, 4) is 0 Å². The first-order chi connectivity index (χ1) is 7.77. The van der Waals surface area contributed by atoms with Crippen LogP contribution in [-0.4, -0.2) is 16.1 Å². The summed E-state index contributed by atoms with van der Waals surface area (Å²) < 4.78 is 2.30. The Morgan fingerprint density at radius 3 is 2.88 bits per heavy atom. The summed E-state index contributed by atoms with van der Waals surface area (Å²) in [6.45, 7) is 3.48. The van der Waals surface area contributed by atoms with Crippen molar-refractivity contribution in [3.05, 3.63) is 12.4 Å². The third-order valence-electron chi connectivity index (χ3n) is 4.09. The van der Waals surface area contributed by atoms with Crippen molar-refractivity contribution in [2.45, 2.75) is 51.5 Å². The molecule has 0 bridgehead atoms. The van der Waals surface area contributed by atoms with E-state index in [4.69, 9.17) is 0 Å². The second-order valence-electron chi connectivity index (χ2n) is 5.76. The van der Waals surface area contributed by atoms with E-state index in [9.17, 15) is 0 Å².